The molecule has 0 aliphatic rings. The van der Waals surface area contributed by atoms with Gasteiger partial charge in [-0.05, 0) is 88.8 Å². The highest BCUT2D eigenvalue weighted by molar-refractivity contribution is 7.92. The number of benzene rings is 2. The maximum absolute atomic E-state index is 12.1. The minimum Gasteiger partial charge on any atom is -0.228 e. The molecule has 4 nitrogen and oxygen atoms in total. The van der Waals surface area contributed by atoms with E-state index in [4.69, 9.17) is 0 Å². The molecule has 0 radical (unpaired) electrons. The Bertz CT molecular complexity index is 957. The van der Waals surface area contributed by atoms with Crippen LogP contribution < -0.4 is 0 Å². The third-order valence-corrected chi connectivity index (χ3v) is 8.20. The van der Waals surface area contributed by atoms with Gasteiger partial charge in [0.1, 0.15) is 0 Å². The Morgan fingerprint density at radius 1 is 0.800 bits per heavy atom. The van der Waals surface area contributed by atoms with Crippen LogP contribution in [0.2, 0.25) is 0 Å². The summed E-state index contributed by atoms with van der Waals surface area (Å²) in [7, 11) is -2.98. The zero-order chi connectivity index (χ0) is 22.2. The van der Waals surface area contributed by atoms with Gasteiger partial charge in [0, 0.05) is 0 Å². The van der Waals surface area contributed by atoms with Crippen LogP contribution in [0.1, 0.15) is 69.6 Å². The van der Waals surface area contributed by atoms with E-state index in [-0.39, 0.29) is 0 Å². The first-order valence-electron chi connectivity index (χ1n) is 10.9. The van der Waals surface area contributed by atoms with Crippen molar-refractivity contribution in [2.24, 2.45) is 10.2 Å². The lowest BCUT2D eigenvalue weighted by Crippen LogP contribution is -2.30. The van der Waals surface area contributed by atoms with Gasteiger partial charge >= 0.3 is 0 Å². The van der Waals surface area contributed by atoms with Crippen LogP contribution in [0.4, 0.5) is 11.4 Å². The van der Waals surface area contributed by atoms with Crippen LogP contribution in [0.25, 0.3) is 0 Å². The molecule has 0 aromatic heterocycles. The van der Waals surface area contributed by atoms with E-state index in [9.17, 15) is 8.42 Å². The van der Waals surface area contributed by atoms with Gasteiger partial charge in [-0.15, -0.1) is 0 Å². The molecule has 0 fully saturated rings. The second-order valence-corrected chi connectivity index (χ2v) is 11.9. The van der Waals surface area contributed by atoms with E-state index in [1.807, 2.05) is 37.3 Å². The van der Waals surface area contributed by atoms with E-state index in [1.54, 1.807) is 20.8 Å². The number of hydrogen-bond acceptors (Lipinski definition) is 4. The van der Waals surface area contributed by atoms with Crippen LogP contribution in [0, 0.1) is 13.8 Å². The van der Waals surface area contributed by atoms with Gasteiger partial charge in [0.2, 0.25) is 0 Å². The van der Waals surface area contributed by atoms with Crippen molar-refractivity contribution in [1.29, 1.82) is 0 Å². The van der Waals surface area contributed by atoms with Gasteiger partial charge in [-0.25, -0.2) is 8.42 Å². The van der Waals surface area contributed by atoms with Gasteiger partial charge in [-0.3, -0.25) is 0 Å². The summed E-state index contributed by atoms with van der Waals surface area (Å²) >= 11 is 0. The molecule has 0 heterocycles. The predicted octanol–water partition coefficient (Wildman–Crippen LogP) is 7.43. The summed E-state index contributed by atoms with van der Waals surface area (Å²) in [5.74, 6) is 0.300. The fraction of sp³-hybridized carbons (Fsp3) is 0.520. The second-order valence-electron chi connectivity index (χ2n) is 9.05. The van der Waals surface area contributed by atoms with Crippen molar-refractivity contribution in [1.82, 2.24) is 0 Å². The number of sulfone groups is 1. The third kappa shape index (κ3) is 7.35. The number of rotatable bonds is 10. The maximum atomic E-state index is 12.1. The van der Waals surface area contributed by atoms with Crippen molar-refractivity contribution in [2.75, 3.05) is 5.75 Å². The van der Waals surface area contributed by atoms with Gasteiger partial charge in [-0.1, -0.05) is 43.5 Å². The van der Waals surface area contributed by atoms with E-state index in [1.165, 1.54) is 11.1 Å². The Morgan fingerprint density at radius 3 is 2.13 bits per heavy atom. The molecule has 0 aliphatic carbocycles. The summed E-state index contributed by atoms with van der Waals surface area (Å²) in [6.45, 7) is 9.49. The average molecular weight is 429 g/mol. The summed E-state index contributed by atoms with van der Waals surface area (Å²) in [4.78, 5) is 0. The molecule has 0 aliphatic heterocycles. The second kappa shape index (κ2) is 10.9. The molecule has 2 rings (SSSR count). The molecular weight excluding hydrogens is 392 g/mol. The van der Waals surface area contributed by atoms with Crippen molar-refractivity contribution in [3.63, 3.8) is 0 Å². The van der Waals surface area contributed by atoms with E-state index in [0.29, 0.717) is 5.75 Å². The average Bonchev–Trinajstić information content (AvgIpc) is 2.67. The predicted molar refractivity (Wildman–Crippen MR) is 127 cm³/mol. The minimum absolute atomic E-state index is 0.300. The largest absolute Gasteiger partial charge is 0.228 e. The Morgan fingerprint density at radius 2 is 1.47 bits per heavy atom. The van der Waals surface area contributed by atoms with Gasteiger partial charge < -0.3 is 0 Å². The summed E-state index contributed by atoms with van der Waals surface area (Å²) in [6, 6.07) is 14.2. The van der Waals surface area contributed by atoms with Crippen LogP contribution >= 0.6 is 0 Å². The molecule has 164 valence electrons. The Labute approximate surface area is 182 Å². The van der Waals surface area contributed by atoms with Gasteiger partial charge in [0.15, 0.2) is 9.84 Å². The monoisotopic (exact) mass is 428 g/mol. The van der Waals surface area contributed by atoms with Gasteiger partial charge in [-0.2, -0.15) is 10.2 Å². The quantitative estimate of drug-likeness (QED) is 0.292. The standard InChI is InChI=1S/C25H36N2O2S/c1-20-13-10-11-15-24(20)27-26-23-17-16-22(21(2)19-23)14-9-7-6-8-12-18-30(28,29)25(3,4)5/h10-11,13,15-17,19H,6-9,12,14,18H2,1-5H3. The molecule has 2 aromatic rings. The summed E-state index contributed by atoms with van der Waals surface area (Å²) in [5.41, 5.74) is 5.48. The molecule has 0 saturated carbocycles. The summed E-state index contributed by atoms with van der Waals surface area (Å²) in [5, 5.41) is 8.75. The molecule has 0 amide bonds. The fourth-order valence-corrected chi connectivity index (χ4v) is 4.45. The van der Waals surface area contributed by atoms with E-state index in [0.717, 1.165) is 55.5 Å². The van der Waals surface area contributed by atoms with Crippen LogP contribution in [0.15, 0.2) is 52.7 Å². The Hall–Kier alpha value is -2.01. The highest BCUT2D eigenvalue weighted by Crippen LogP contribution is 2.24. The molecule has 5 heteroatoms. The molecule has 0 bridgehead atoms. The highest BCUT2D eigenvalue weighted by Gasteiger charge is 2.27. The number of nitrogens with zero attached hydrogens (tertiary/aromatic N) is 2. The summed E-state index contributed by atoms with van der Waals surface area (Å²) < 4.78 is 23.6. The molecule has 0 saturated heterocycles. The lowest BCUT2D eigenvalue weighted by Gasteiger charge is -2.18. The smallest absolute Gasteiger partial charge is 0.155 e. The van der Waals surface area contributed by atoms with Crippen molar-refractivity contribution in [3.8, 4) is 0 Å². The van der Waals surface area contributed by atoms with Crippen LogP contribution in [-0.2, 0) is 16.3 Å². The zero-order valence-corrected chi connectivity index (χ0v) is 19.9. The lowest BCUT2D eigenvalue weighted by atomic mass is 10.0. The van der Waals surface area contributed by atoms with E-state index < -0.39 is 14.6 Å². The van der Waals surface area contributed by atoms with E-state index in [2.05, 4.69) is 29.3 Å². The van der Waals surface area contributed by atoms with Crippen molar-refractivity contribution in [2.45, 2.75) is 77.9 Å². The molecule has 30 heavy (non-hydrogen) atoms. The van der Waals surface area contributed by atoms with Crippen LogP contribution in [-0.4, -0.2) is 18.9 Å². The maximum Gasteiger partial charge on any atom is 0.155 e. The minimum atomic E-state index is -2.98. The highest BCUT2D eigenvalue weighted by atomic mass is 32.2. The van der Waals surface area contributed by atoms with E-state index >= 15 is 0 Å². The summed E-state index contributed by atoms with van der Waals surface area (Å²) in [6.07, 6.45) is 6.12. The number of azo groups is 1. The lowest BCUT2D eigenvalue weighted by molar-refractivity contribution is 0.552. The number of unbranched alkanes of at least 4 members (excludes halogenated alkanes) is 4. The molecule has 0 N–H and O–H groups in total. The number of hydrogen-bond donors (Lipinski definition) is 0. The van der Waals surface area contributed by atoms with Gasteiger partial charge in [0.05, 0.1) is 21.9 Å². The Kier molecular flexibility index (Phi) is 8.78. The SMILES string of the molecule is Cc1cc(N=Nc2ccccc2C)ccc1CCCCCCCS(=O)(=O)C(C)(C)C. The van der Waals surface area contributed by atoms with Crippen LogP contribution in [0.3, 0.4) is 0 Å². The molecule has 0 spiro atoms. The fourth-order valence-electron chi connectivity index (χ4n) is 3.25. The normalized spacial score (nSPS) is 12.6. The third-order valence-electron chi connectivity index (χ3n) is 5.51. The first-order chi connectivity index (χ1) is 14.1. The first-order valence-corrected chi connectivity index (χ1v) is 12.5. The topological polar surface area (TPSA) is 58.9 Å². The molecule has 0 atom stereocenters. The van der Waals surface area contributed by atoms with Crippen molar-refractivity contribution in [3.05, 3.63) is 59.2 Å². The van der Waals surface area contributed by atoms with Crippen molar-refractivity contribution >= 4 is 21.2 Å². The molecular formula is C25H36N2O2S. The first kappa shape index (κ1) is 24.3. The van der Waals surface area contributed by atoms with Crippen LogP contribution in [0.5, 0.6) is 0 Å². The Balaban J connectivity index is 1.75. The number of aryl methyl sites for hydroxylation is 3. The molecule has 2 aromatic carbocycles. The molecule has 0 unspecified atom stereocenters. The zero-order valence-electron chi connectivity index (χ0n) is 19.1. The van der Waals surface area contributed by atoms with Gasteiger partial charge in [0.25, 0.3) is 0 Å². The van der Waals surface area contributed by atoms with Crippen molar-refractivity contribution < 1.29 is 8.42 Å².